The highest BCUT2D eigenvalue weighted by atomic mass is 32.1. The maximum Gasteiger partial charge on any atom is 0.195 e. The monoisotopic (exact) mass is 261 g/mol. The number of H-pyrrole nitrogens is 1. The van der Waals surface area contributed by atoms with E-state index in [1.165, 1.54) is 5.56 Å². The lowest BCUT2D eigenvalue weighted by Crippen LogP contribution is -2.12. The molecule has 18 heavy (non-hydrogen) atoms. The van der Waals surface area contributed by atoms with Gasteiger partial charge in [-0.3, -0.25) is 5.10 Å². The van der Waals surface area contributed by atoms with Crippen molar-refractivity contribution in [2.24, 2.45) is 0 Å². The van der Waals surface area contributed by atoms with E-state index >= 15 is 0 Å². The molecule has 0 aliphatic heterocycles. The van der Waals surface area contributed by atoms with Crippen molar-refractivity contribution < 1.29 is 0 Å². The van der Waals surface area contributed by atoms with Gasteiger partial charge in [0.05, 0.1) is 0 Å². The van der Waals surface area contributed by atoms with Gasteiger partial charge in [0.2, 0.25) is 0 Å². The summed E-state index contributed by atoms with van der Waals surface area (Å²) in [6.07, 6.45) is 1.01. The molecule has 1 heterocycles. The number of hydrogen-bond acceptors (Lipinski definition) is 2. The van der Waals surface area contributed by atoms with Crippen LogP contribution < -0.4 is 0 Å². The molecule has 0 aliphatic carbocycles. The Morgan fingerprint density at radius 1 is 1.28 bits per heavy atom. The second-order valence-electron chi connectivity index (χ2n) is 4.72. The Bertz CT molecular complexity index is 554. The average molecular weight is 261 g/mol. The van der Waals surface area contributed by atoms with Crippen molar-refractivity contribution in [2.45, 2.75) is 39.2 Å². The third-order valence-corrected chi connectivity index (χ3v) is 3.46. The lowest BCUT2D eigenvalue weighted by Gasteiger charge is -2.18. The first-order valence-electron chi connectivity index (χ1n) is 6.36. The highest BCUT2D eigenvalue weighted by molar-refractivity contribution is 7.71. The van der Waals surface area contributed by atoms with Crippen LogP contribution in [0.3, 0.4) is 0 Å². The first-order valence-corrected chi connectivity index (χ1v) is 6.77. The number of rotatable bonds is 4. The summed E-state index contributed by atoms with van der Waals surface area (Å²) in [5.74, 6) is 1.32. The van der Waals surface area contributed by atoms with Gasteiger partial charge in [0, 0.05) is 12.0 Å². The van der Waals surface area contributed by atoms with Crippen LogP contribution in [0.2, 0.25) is 0 Å². The average Bonchev–Trinajstić information content (AvgIpc) is 2.74. The minimum absolute atomic E-state index is 0.293. The molecule has 0 radical (unpaired) electrons. The molecule has 0 aliphatic rings. The number of hydrogen-bond donors (Lipinski definition) is 1. The molecule has 3 nitrogen and oxygen atoms in total. The molecule has 1 N–H and O–H groups in total. The van der Waals surface area contributed by atoms with Crippen molar-refractivity contribution in [2.75, 3.05) is 0 Å². The summed E-state index contributed by atoms with van der Waals surface area (Å²) in [5, 5.41) is 7.35. The van der Waals surface area contributed by atoms with Crippen molar-refractivity contribution in [3.05, 3.63) is 46.5 Å². The molecule has 0 spiro atoms. The molecular formula is C14H19N3S. The van der Waals surface area contributed by atoms with Crippen LogP contribution in [0.5, 0.6) is 0 Å². The maximum atomic E-state index is 5.31. The van der Waals surface area contributed by atoms with Crippen molar-refractivity contribution in [1.82, 2.24) is 14.8 Å². The Kier molecular flexibility index (Phi) is 3.97. The third-order valence-electron chi connectivity index (χ3n) is 3.17. The van der Waals surface area contributed by atoms with Crippen molar-refractivity contribution >= 4 is 12.2 Å². The summed E-state index contributed by atoms with van der Waals surface area (Å²) < 4.78 is 2.81. The fourth-order valence-electron chi connectivity index (χ4n) is 2.31. The molecule has 96 valence electrons. The Labute approximate surface area is 113 Å². The Balaban J connectivity index is 2.49. The predicted octanol–water partition coefficient (Wildman–Crippen LogP) is 4.06. The minimum atomic E-state index is 0.293. The SMILES string of the molecule is CCC(c1ccccc1)c1n[nH]c(=S)n1C(C)C. The van der Waals surface area contributed by atoms with E-state index in [-0.39, 0.29) is 0 Å². The summed E-state index contributed by atoms with van der Waals surface area (Å²) >= 11 is 5.31. The number of nitrogens with one attached hydrogen (secondary N) is 1. The zero-order valence-corrected chi connectivity index (χ0v) is 11.9. The van der Waals surface area contributed by atoms with Crippen molar-refractivity contribution in [3.8, 4) is 0 Å². The van der Waals surface area contributed by atoms with Crippen LogP contribution in [0.1, 0.15) is 50.5 Å². The molecular weight excluding hydrogens is 242 g/mol. The zero-order valence-electron chi connectivity index (χ0n) is 11.1. The fourth-order valence-corrected chi connectivity index (χ4v) is 2.66. The second-order valence-corrected chi connectivity index (χ2v) is 5.11. The molecule has 1 unspecified atom stereocenters. The van der Waals surface area contributed by atoms with Gasteiger partial charge in [0.25, 0.3) is 0 Å². The van der Waals surface area contributed by atoms with Gasteiger partial charge in [-0.25, -0.2) is 0 Å². The summed E-state index contributed by atoms with van der Waals surface area (Å²) in [6.45, 7) is 6.44. The smallest absolute Gasteiger partial charge is 0.195 e. The normalized spacial score (nSPS) is 12.9. The van der Waals surface area contributed by atoms with E-state index in [0.717, 1.165) is 12.2 Å². The Morgan fingerprint density at radius 3 is 2.50 bits per heavy atom. The molecule has 0 bridgehead atoms. The summed E-state index contributed by atoms with van der Waals surface area (Å²) in [5.41, 5.74) is 1.29. The van der Waals surface area contributed by atoms with Crippen LogP contribution in [-0.2, 0) is 0 Å². The van der Waals surface area contributed by atoms with Crippen LogP contribution in [0.25, 0.3) is 0 Å². The molecule has 1 aromatic carbocycles. The lowest BCUT2D eigenvalue weighted by molar-refractivity contribution is 0.538. The van der Waals surface area contributed by atoms with Gasteiger partial charge in [-0.05, 0) is 38.0 Å². The highest BCUT2D eigenvalue weighted by Gasteiger charge is 2.20. The third kappa shape index (κ3) is 2.38. The van der Waals surface area contributed by atoms with Gasteiger partial charge < -0.3 is 4.57 Å². The van der Waals surface area contributed by atoms with Crippen LogP contribution >= 0.6 is 12.2 Å². The molecule has 4 heteroatoms. The second kappa shape index (κ2) is 5.48. The van der Waals surface area contributed by atoms with Crippen molar-refractivity contribution in [1.29, 1.82) is 0 Å². The molecule has 0 amide bonds. The highest BCUT2D eigenvalue weighted by Crippen LogP contribution is 2.27. The number of aromatic nitrogens is 3. The Hall–Kier alpha value is -1.42. The molecule has 0 fully saturated rings. The maximum absolute atomic E-state index is 5.31. The van der Waals surface area contributed by atoms with E-state index in [0.29, 0.717) is 16.7 Å². The van der Waals surface area contributed by atoms with Gasteiger partial charge in [-0.2, -0.15) is 5.10 Å². The van der Waals surface area contributed by atoms with Gasteiger partial charge in [0.15, 0.2) is 4.77 Å². The number of aromatic amines is 1. The van der Waals surface area contributed by atoms with Crippen LogP contribution in [0.4, 0.5) is 0 Å². The van der Waals surface area contributed by atoms with Crippen LogP contribution in [-0.4, -0.2) is 14.8 Å². The molecule has 0 saturated carbocycles. The van der Waals surface area contributed by atoms with E-state index in [4.69, 9.17) is 12.2 Å². The number of nitrogens with zero attached hydrogens (tertiary/aromatic N) is 2. The first-order chi connectivity index (χ1) is 8.65. The fraction of sp³-hybridized carbons (Fsp3) is 0.429. The largest absolute Gasteiger partial charge is 0.301 e. The zero-order chi connectivity index (χ0) is 13.1. The number of benzene rings is 1. The Morgan fingerprint density at radius 2 is 1.94 bits per heavy atom. The lowest BCUT2D eigenvalue weighted by atomic mass is 9.95. The summed E-state index contributed by atoms with van der Waals surface area (Å²) in [6, 6.07) is 10.8. The van der Waals surface area contributed by atoms with Crippen LogP contribution in [0, 0.1) is 4.77 Å². The quantitative estimate of drug-likeness (QED) is 0.842. The topological polar surface area (TPSA) is 33.6 Å². The molecule has 0 saturated heterocycles. The van der Waals surface area contributed by atoms with Crippen molar-refractivity contribution in [3.63, 3.8) is 0 Å². The molecule has 2 aromatic rings. The molecule has 1 aromatic heterocycles. The van der Waals surface area contributed by atoms with E-state index in [1.807, 2.05) is 6.07 Å². The predicted molar refractivity (Wildman–Crippen MR) is 76.4 cm³/mol. The van der Waals surface area contributed by atoms with Gasteiger partial charge in [0.1, 0.15) is 5.82 Å². The first kappa shape index (κ1) is 13.0. The standard InChI is InChI=1S/C14H19N3S/c1-4-12(11-8-6-5-7-9-11)13-15-16-14(18)17(13)10(2)3/h5-10,12H,4H2,1-3H3,(H,16,18). The van der Waals surface area contributed by atoms with E-state index in [9.17, 15) is 0 Å². The van der Waals surface area contributed by atoms with E-state index in [1.54, 1.807) is 0 Å². The van der Waals surface area contributed by atoms with Crippen LogP contribution in [0.15, 0.2) is 30.3 Å². The van der Waals surface area contributed by atoms with E-state index in [2.05, 4.69) is 59.8 Å². The van der Waals surface area contributed by atoms with Gasteiger partial charge >= 0.3 is 0 Å². The molecule has 1 atom stereocenters. The van der Waals surface area contributed by atoms with E-state index < -0.39 is 0 Å². The molecule has 2 rings (SSSR count). The summed E-state index contributed by atoms with van der Waals surface area (Å²) in [7, 11) is 0. The van der Waals surface area contributed by atoms with Gasteiger partial charge in [-0.15, -0.1) is 0 Å². The minimum Gasteiger partial charge on any atom is -0.301 e. The van der Waals surface area contributed by atoms with Gasteiger partial charge in [-0.1, -0.05) is 37.3 Å². The summed E-state index contributed by atoms with van der Waals surface area (Å²) in [4.78, 5) is 0.